The van der Waals surface area contributed by atoms with Crippen LogP contribution in [0.5, 0.6) is 0 Å². The van der Waals surface area contributed by atoms with Crippen molar-refractivity contribution in [2.24, 2.45) is 0 Å². The molecule has 0 unspecified atom stereocenters. The molecule has 0 fully saturated rings. The molecule has 0 aliphatic rings. The highest BCUT2D eigenvalue weighted by Crippen LogP contribution is 2.43. The summed E-state index contributed by atoms with van der Waals surface area (Å²) in [6, 6.07) is 59.3. The number of hydrogen-bond acceptors (Lipinski definition) is 5. The lowest BCUT2D eigenvalue weighted by Crippen LogP contribution is -2.10. The first kappa shape index (κ1) is 29.2. The Labute approximate surface area is 307 Å². The maximum absolute atomic E-state index is 6.59. The molecule has 0 spiro atoms. The zero-order chi connectivity index (χ0) is 35.3. The molecule has 252 valence electrons. The predicted octanol–water partition coefficient (Wildman–Crippen LogP) is 14.2. The Kier molecular flexibility index (Phi) is 5.99. The number of para-hydroxylation sites is 2. The molecule has 12 aromatic rings. The smallest absolute Gasteiger partial charge is 0.227 e. The number of benzene rings is 9. The third-order valence-electron chi connectivity index (χ3n) is 10.8. The second-order valence-electron chi connectivity index (χ2n) is 14.0. The molecule has 5 nitrogen and oxygen atoms in total. The molecule has 0 amide bonds. The van der Waals surface area contributed by atoms with Gasteiger partial charge in [-0.1, -0.05) is 84.9 Å². The molecule has 3 aromatic heterocycles. The maximum atomic E-state index is 6.59. The number of anilines is 3. The fourth-order valence-corrected chi connectivity index (χ4v) is 8.25. The van der Waals surface area contributed by atoms with E-state index in [2.05, 4.69) is 114 Å². The molecule has 0 bridgehead atoms. The summed E-state index contributed by atoms with van der Waals surface area (Å²) in [5.41, 5.74) is 9.14. The lowest BCUT2D eigenvalue weighted by molar-refractivity contribution is 0.623. The van der Waals surface area contributed by atoms with E-state index in [-0.39, 0.29) is 0 Å². The first-order valence-corrected chi connectivity index (χ1v) is 18.1. The Hall–Kier alpha value is -7.37. The molecule has 12 rings (SSSR count). The predicted molar refractivity (Wildman–Crippen MR) is 221 cm³/mol. The third-order valence-corrected chi connectivity index (χ3v) is 10.8. The van der Waals surface area contributed by atoms with Crippen LogP contribution in [0.25, 0.3) is 98.7 Å². The van der Waals surface area contributed by atoms with Gasteiger partial charge in [0.2, 0.25) is 5.89 Å². The van der Waals surface area contributed by atoms with Crippen LogP contribution in [-0.2, 0) is 0 Å². The molecular formula is C49H28N2O3. The Morgan fingerprint density at radius 3 is 1.78 bits per heavy atom. The standard InChI is InChI=1S/C49H28N2O3/c1-2-8-31(9-3-1)49-50-42-22-18-30-15-14-29-16-19-35(27-39(29)47(30)48(42)54-49)51(36-21-23-45-41(28-36)38-11-5-6-12-43(38)52-45)34-20-17-32-25-40-37-10-4-7-13-44(37)53-46(40)26-33(32)24-34/h1-28H. The van der Waals surface area contributed by atoms with Gasteiger partial charge in [-0.3, -0.25) is 0 Å². The topological polar surface area (TPSA) is 55.6 Å². The van der Waals surface area contributed by atoms with Crippen LogP contribution in [0.15, 0.2) is 183 Å². The normalized spacial score (nSPS) is 12.1. The van der Waals surface area contributed by atoms with Gasteiger partial charge in [-0.15, -0.1) is 0 Å². The van der Waals surface area contributed by atoms with Crippen molar-refractivity contribution in [1.29, 1.82) is 0 Å². The zero-order valence-corrected chi connectivity index (χ0v) is 28.8. The van der Waals surface area contributed by atoms with E-state index in [4.69, 9.17) is 18.2 Å². The fourth-order valence-electron chi connectivity index (χ4n) is 8.25. The second-order valence-corrected chi connectivity index (χ2v) is 14.0. The zero-order valence-electron chi connectivity index (χ0n) is 28.8. The van der Waals surface area contributed by atoms with Crippen molar-refractivity contribution in [1.82, 2.24) is 4.98 Å². The van der Waals surface area contributed by atoms with Crippen molar-refractivity contribution in [2.75, 3.05) is 4.90 Å². The molecular weight excluding hydrogens is 665 g/mol. The number of fused-ring (bicyclic) bond motifs is 12. The lowest BCUT2D eigenvalue weighted by atomic mass is 9.99. The number of oxazole rings is 1. The lowest BCUT2D eigenvalue weighted by Gasteiger charge is -2.26. The average molecular weight is 693 g/mol. The first-order valence-electron chi connectivity index (χ1n) is 18.1. The van der Waals surface area contributed by atoms with Crippen molar-refractivity contribution in [3.05, 3.63) is 170 Å². The van der Waals surface area contributed by atoms with Gasteiger partial charge in [-0.2, -0.15) is 0 Å². The van der Waals surface area contributed by atoms with E-state index >= 15 is 0 Å². The average Bonchev–Trinajstić information content (AvgIpc) is 3.93. The van der Waals surface area contributed by atoms with Gasteiger partial charge in [0.1, 0.15) is 27.8 Å². The van der Waals surface area contributed by atoms with E-state index in [1.54, 1.807) is 0 Å². The summed E-state index contributed by atoms with van der Waals surface area (Å²) < 4.78 is 19.2. The number of rotatable bonds is 4. The Morgan fingerprint density at radius 2 is 0.963 bits per heavy atom. The number of nitrogens with zero attached hydrogens (tertiary/aromatic N) is 2. The summed E-state index contributed by atoms with van der Waals surface area (Å²) in [5.74, 6) is 0.614. The van der Waals surface area contributed by atoms with E-state index in [9.17, 15) is 0 Å². The summed E-state index contributed by atoms with van der Waals surface area (Å²) in [4.78, 5) is 7.24. The monoisotopic (exact) mass is 692 g/mol. The van der Waals surface area contributed by atoms with Crippen LogP contribution in [0.3, 0.4) is 0 Å². The molecule has 0 atom stereocenters. The minimum atomic E-state index is 0.614. The van der Waals surface area contributed by atoms with E-state index < -0.39 is 0 Å². The largest absolute Gasteiger partial charge is 0.456 e. The number of hydrogen-bond donors (Lipinski definition) is 0. The van der Waals surface area contributed by atoms with Gasteiger partial charge in [0.25, 0.3) is 0 Å². The fraction of sp³-hybridized carbons (Fsp3) is 0. The van der Waals surface area contributed by atoms with Crippen LogP contribution >= 0.6 is 0 Å². The van der Waals surface area contributed by atoms with Crippen molar-refractivity contribution in [3.63, 3.8) is 0 Å². The van der Waals surface area contributed by atoms with Gasteiger partial charge in [-0.05, 0) is 112 Å². The van der Waals surface area contributed by atoms with Crippen molar-refractivity contribution < 1.29 is 13.3 Å². The summed E-state index contributed by atoms with van der Waals surface area (Å²) in [6.45, 7) is 0. The second kappa shape index (κ2) is 11.1. The summed E-state index contributed by atoms with van der Waals surface area (Å²) in [7, 11) is 0. The molecule has 54 heavy (non-hydrogen) atoms. The van der Waals surface area contributed by atoms with Gasteiger partial charge >= 0.3 is 0 Å². The van der Waals surface area contributed by atoms with E-state index in [0.29, 0.717) is 5.89 Å². The highest BCUT2D eigenvalue weighted by molar-refractivity contribution is 6.19. The first-order chi connectivity index (χ1) is 26.7. The van der Waals surface area contributed by atoms with Crippen LogP contribution in [0, 0.1) is 0 Å². The van der Waals surface area contributed by atoms with Gasteiger partial charge in [0.15, 0.2) is 5.58 Å². The van der Waals surface area contributed by atoms with Gasteiger partial charge < -0.3 is 18.2 Å². The van der Waals surface area contributed by atoms with Crippen LogP contribution < -0.4 is 4.90 Å². The Balaban J connectivity index is 1.10. The Morgan fingerprint density at radius 1 is 0.370 bits per heavy atom. The van der Waals surface area contributed by atoms with Crippen LogP contribution in [-0.4, -0.2) is 4.98 Å². The molecule has 0 radical (unpaired) electrons. The molecule has 0 aliphatic heterocycles. The maximum Gasteiger partial charge on any atom is 0.227 e. The Bertz CT molecular complexity index is 3460. The minimum Gasteiger partial charge on any atom is -0.456 e. The van der Waals surface area contributed by atoms with Gasteiger partial charge in [0.05, 0.1) is 0 Å². The van der Waals surface area contributed by atoms with Gasteiger partial charge in [-0.25, -0.2) is 4.98 Å². The molecule has 0 aliphatic carbocycles. The molecule has 5 heteroatoms. The van der Waals surface area contributed by atoms with Crippen molar-refractivity contribution >= 4 is 104 Å². The summed E-state index contributed by atoms with van der Waals surface area (Å²) in [5, 5.41) is 11.0. The number of furan rings is 2. The third kappa shape index (κ3) is 4.36. The summed E-state index contributed by atoms with van der Waals surface area (Å²) >= 11 is 0. The highest BCUT2D eigenvalue weighted by Gasteiger charge is 2.19. The van der Waals surface area contributed by atoms with E-state index in [1.807, 2.05) is 60.7 Å². The van der Waals surface area contributed by atoms with Crippen LogP contribution in [0.4, 0.5) is 17.1 Å². The molecule has 0 saturated carbocycles. The molecule has 0 N–H and O–H groups in total. The summed E-state index contributed by atoms with van der Waals surface area (Å²) in [6.07, 6.45) is 0. The van der Waals surface area contributed by atoms with Crippen LogP contribution in [0.1, 0.15) is 0 Å². The number of aromatic nitrogens is 1. The minimum absolute atomic E-state index is 0.614. The molecule has 0 saturated heterocycles. The van der Waals surface area contributed by atoms with Crippen molar-refractivity contribution in [3.8, 4) is 11.5 Å². The molecule has 9 aromatic carbocycles. The quantitative estimate of drug-likeness (QED) is 0.172. The van der Waals surface area contributed by atoms with Gasteiger partial charge in [0, 0.05) is 49.6 Å². The SMILES string of the molecule is c1ccc(-c2nc3ccc4ccc5ccc(N(c6ccc7cc8c(cc7c6)oc6ccccc68)c6ccc7oc8ccccc8c7c6)cc5c4c3o2)cc1. The van der Waals surface area contributed by atoms with E-state index in [0.717, 1.165) is 110 Å². The van der Waals surface area contributed by atoms with Crippen molar-refractivity contribution in [2.45, 2.75) is 0 Å². The molecule has 3 heterocycles. The highest BCUT2D eigenvalue weighted by atomic mass is 16.3. The van der Waals surface area contributed by atoms with Crippen LogP contribution in [0.2, 0.25) is 0 Å². The van der Waals surface area contributed by atoms with E-state index in [1.165, 1.54) is 0 Å².